The largest absolute Gasteiger partial charge is 0.508 e. The van der Waals surface area contributed by atoms with Gasteiger partial charge in [-0.05, 0) is 30.4 Å². The summed E-state index contributed by atoms with van der Waals surface area (Å²) in [5.74, 6) is -0.494. The van der Waals surface area contributed by atoms with Crippen LogP contribution in [0.3, 0.4) is 0 Å². The quantitative estimate of drug-likeness (QED) is 0.857. The molecule has 0 spiro atoms. The summed E-state index contributed by atoms with van der Waals surface area (Å²) >= 11 is 0. The van der Waals surface area contributed by atoms with Crippen molar-refractivity contribution in [2.24, 2.45) is 5.92 Å². The van der Waals surface area contributed by atoms with E-state index in [1.807, 2.05) is 6.07 Å². The number of likely N-dealkylation sites (tertiary alicyclic amines) is 1. The van der Waals surface area contributed by atoms with E-state index in [4.69, 9.17) is 5.11 Å². The molecule has 1 unspecified atom stereocenters. The zero-order valence-corrected chi connectivity index (χ0v) is 11.3. The van der Waals surface area contributed by atoms with Gasteiger partial charge < -0.3 is 15.1 Å². The third-order valence-electron chi connectivity index (χ3n) is 3.70. The molecule has 2 rings (SSSR count). The predicted molar refractivity (Wildman–Crippen MR) is 73.4 cm³/mol. The van der Waals surface area contributed by atoms with Crippen molar-refractivity contribution < 1.29 is 19.8 Å². The molecule has 1 aliphatic heterocycles. The van der Waals surface area contributed by atoms with Crippen molar-refractivity contribution in [1.82, 2.24) is 4.90 Å². The number of aromatic hydroxyl groups is 1. The lowest BCUT2D eigenvalue weighted by Gasteiger charge is -2.16. The van der Waals surface area contributed by atoms with Gasteiger partial charge in [0, 0.05) is 25.9 Å². The highest BCUT2D eigenvalue weighted by Crippen LogP contribution is 2.22. The first-order valence-electron chi connectivity index (χ1n) is 6.82. The number of rotatable bonds is 5. The van der Waals surface area contributed by atoms with Gasteiger partial charge in [0.05, 0.1) is 0 Å². The van der Waals surface area contributed by atoms with Crippen molar-refractivity contribution >= 4 is 11.9 Å². The number of aliphatic carboxylic acids is 1. The molecule has 20 heavy (non-hydrogen) atoms. The zero-order valence-electron chi connectivity index (χ0n) is 11.3. The van der Waals surface area contributed by atoms with Crippen LogP contribution in [-0.2, 0) is 16.0 Å². The summed E-state index contributed by atoms with van der Waals surface area (Å²) in [5.41, 5.74) is 0.766. The Morgan fingerprint density at radius 3 is 2.75 bits per heavy atom. The van der Waals surface area contributed by atoms with E-state index in [1.165, 1.54) is 0 Å². The molecule has 0 radical (unpaired) electrons. The highest BCUT2D eigenvalue weighted by Gasteiger charge is 2.27. The molecule has 1 aromatic carbocycles. The normalized spacial score (nSPS) is 18.2. The van der Waals surface area contributed by atoms with Gasteiger partial charge in [-0.1, -0.05) is 18.2 Å². The van der Waals surface area contributed by atoms with E-state index in [0.717, 1.165) is 12.0 Å². The Labute approximate surface area is 117 Å². The Morgan fingerprint density at radius 1 is 1.30 bits per heavy atom. The lowest BCUT2D eigenvalue weighted by molar-refractivity contribution is -0.138. The van der Waals surface area contributed by atoms with Crippen LogP contribution >= 0.6 is 0 Å². The van der Waals surface area contributed by atoms with Crippen molar-refractivity contribution in [2.45, 2.75) is 25.7 Å². The van der Waals surface area contributed by atoms with Crippen molar-refractivity contribution in [3.8, 4) is 5.75 Å². The van der Waals surface area contributed by atoms with E-state index < -0.39 is 5.97 Å². The van der Waals surface area contributed by atoms with Gasteiger partial charge in [0.25, 0.3) is 0 Å². The molecule has 1 heterocycles. The fourth-order valence-corrected chi connectivity index (χ4v) is 2.59. The molecular formula is C15H19NO4. The second-order valence-corrected chi connectivity index (χ2v) is 5.22. The van der Waals surface area contributed by atoms with E-state index in [0.29, 0.717) is 25.9 Å². The second kappa shape index (κ2) is 6.41. The number of carbonyl (C=O) groups is 2. The number of phenols is 1. The van der Waals surface area contributed by atoms with Gasteiger partial charge in [-0.25, -0.2) is 0 Å². The van der Waals surface area contributed by atoms with E-state index >= 15 is 0 Å². The highest BCUT2D eigenvalue weighted by molar-refractivity contribution is 5.77. The summed E-state index contributed by atoms with van der Waals surface area (Å²) in [5, 5.41) is 18.4. The van der Waals surface area contributed by atoms with Crippen LogP contribution in [-0.4, -0.2) is 40.1 Å². The lowest BCUT2D eigenvalue weighted by Crippen LogP contribution is -2.29. The summed E-state index contributed by atoms with van der Waals surface area (Å²) in [6.45, 7) is 1.17. The number of nitrogens with zero attached hydrogens (tertiary/aromatic N) is 1. The number of carboxylic acid groups (broad SMARTS) is 1. The Balaban J connectivity index is 1.81. The fourth-order valence-electron chi connectivity index (χ4n) is 2.59. The Kier molecular flexibility index (Phi) is 4.61. The maximum absolute atomic E-state index is 12.1. The standard InChI is InChI=1S/C15H19NO4/c17-13-4-2-1-3-12(13)5-6-14(18)16-8-7-11(10-16)9-15(19)20/h1-4,11,17H,5-10H2,(H,19,20). The van der Waals surface area contributed by atoms with Crippen LogP contribution in [0.5, 0.6) is 5.75 Å². The van der Waals surface area contributed by atoms with Crippen LogP contribution in [0.2, 0.25) is 0 Å². The maximum Gasteiger partial charge on any atom is 0.303 e. The number of carbonyl (C=O) groups excluding carboxylic acids is 1. The minimum Gasteiger partial charge on any atom is -0.508 e. The molecule has 108 valence electrons. The molecular weight excluding hydrogens is 258 g/mol. The Morgan fingerprint density at radius 2 is 2.05 bits per heavy atom. The summed E-state index contributed by atoms with van der Waals surface area (Å²) in [6, 6.07) is 6.99. The topological polar surface area (TPSA) is 77.8 Å². The van der Waals surface area contributed by atoms with E-state index in [9.17, 15) is 14.7 Å². The molecule has 2 N–H and O–H groups in total. The summed E-state index contributed by atoms with van der Waals surface area (Å²) in [6.07, 6.45) is 1.74. The van der Waals surface area contributed by atoms with Gasteiger partial charge >= 0.3 is 5.97 Å². The van der Waals surface area contributed by atoms with E-state index in [-0.39, 0.29) is 24.0 Å². The minimum absolute atomic E-state index is 0.0288. The van der Waals surface area contributed by atoms with Gasteiger partial charge in [-0.15, -0.1) is 0 Å². The first-order valence-corrected chi connectivity index (χ1v) is 6.82. The molecule has 1 aromatic rings. The number of hydrogen-bond acceptors (Lipinski definition) is 3. The SMILES string of the molecule is O=C(O)CC1CCN(C(=O)CCc2ccccc2O)C1. The third-order valence-corrected chi connectivity index (χ3v) is 3.70. The Bertz CT molecular complexity index is 500. The molecule has 1 atom stereocenters. The molecule has 1 saturated heterocycles. The smallest absolute Gasteiger partial charge is 0.303 e. The highest BCUT2D eigenvalue weighted by atomic mass is 16.4. The summed E-state index contributed by atoms with van der Waals surface area (Å²) < 4.78 is 0. The summed E-state index contributed by atoms with van der Waals surface area (Å²) in [7, 11) is 0. The molecule has 0 bridgehead atoms. The van der Waals surface area contributed by atoms with E-state index in [1.54, 1.807) is 23.1 Å². The maximum atomic E-state index is 12.1. The average molecular weight is 277 g/mol. The van der Waals surface area contributed by atoms with Crippen molar-refractivity contribution in [3.63, 3.8) is 0 Å². The van der Waals surface area contributed by atoms with Crippen LogP contribution < -0.4 is 0 Å². The van der Waals surface area contributed by atoms with Crippen LogP contribution in [0.25, 0.3) is 0 Å². The van der Waals surface area contributed by atoms with Crippen LogP contribution in [0, 0.1) is 5.92 Å². The molecule has 1 amide bonds. The number of phenolic OH excluding ortho intramolecular Hbond substituents is 1. The van der Waals surface area contributed by atoms with Gasteiger partial charge in [0.1, 0.15) is 5.75 Å². The van der Waals surface area contributed by atoms with Crippen LogP contribution in [0.15, 0.2) is 24.3 Å². The van der Waals surface area contributed by atoms with Gasteiger partial charge in [-0.2, -0.15) is 0 Å². The summed E-state index contributed by atoms with van der Waals surface area (Å²) in [4.78, 5) is 24.4. The second-order valence-electron chi connectivity index (χ2n) is 5.22. The molecule has 0 aromatic heterocycles. The minimum atomic E-state index is -0.807. The first-order chi connectivity index (χ1) is 9.56. The van der Waals surface area contributed by atoms with Crippen molar-refractivity contribution in [2.75, 3.05) is 13.1 Å². The van der Waals surface area contributed by atoms with Crippen LogP contribution in [0.1, 0.15) is 24.8 Å². The number of benzene rings is 1. The molecule has 0 aliphatic carbocycles. The lowest BCUT2D eigenvalue weighted by atomic mass is 10.1. The molecule has 5 nitrogen and oxygen atoms in total. The third kappa shape index (κ3) is 3.73. The van der Waals surface area contributed by atoms with Gasteiger partial charge in [0.15, 0.2) is 0 Å². The number of carboxylic acids is 1. The molecule has 5 heteroatoms. The van der Waals surface area contributed by atoms with Crippen molar-refractivity contribution in [3.05, 3.63) is 29.8 Å². The number of aryl methyl sites for hydroxylation is 1. The van der Waals surface area contributed by atoms with Crippen molar-refractivity contribution in [1.29, 1.82) is 0 Å². The number of amides is 1. The average Bonchev–Trinajstić information content (AvgIpc) is 2.85. The number of hydrogen-bond donors (Lipinski definition) is 2. The molecule has 1 aliphatic rings. The van der Waals surface area contributed by atoms with Gasteiger partial charge in [0.2, 0.25) is 5.91 Å². The molecule has 0 saturated carbocycles. The zero-order chi connectivity index (χ0) is 14.5. The Hall–Kier alpha value is -2.04. The first kappa shape index (κ1) is 14.4. The van der Waals surface area contributed by atoms with Crippen LogP contribution in [0.4, 0.5) is 0 Å². The molecule has 1 fully saturated rings. The number of para-hydroxylation sites is 1. The monoisotopic (exact) mass is 277 g/mol. The van der Waals surface area contributed by atoms with Gasteiger partial charge in [-0.3, -0.25) is 9.59 Å². The van der Waals surface area contributed by atoms with E-state index in [2.05, 4.69) is 0 Å². The fraction of sp³-hybridized carbons (Fsp3) is 0.467. The predicted octanol–water partition coefficient (Wildman–Crippen LogP) is 1.65.